The summed E-state index contributed by atoms with van der Waals surface area (Å²) < 4.78 is 0. The molecule has 0 aromatic carbocycles. The van der Waals surface area contributed by atoms with Gasteiger partial charge in [0.05, 0.1) is 0 Å². The van der Waals surface area contributed by atoms with Crippen LogP contribution in [0.3, 0.4) is 0 Å². The van der Waals surface area contributed by atoms with Crippen molar-refractivity contribution in [3.63, 3.8) is 0 Å². The van der Waals surface area contributed by atoms with Gasteiger partial charge in [0.15, 0.2) is 0 Å². The van der Waals surface area contributed by atoms with Gasteiger partial charge in [-0.3, -0.25) is 0 Å². The predicted octanol–water partition coefficient (Wildman–Crippen LogP) is 2.40. The van der Waals surface area contributed by atoms with Crippen molar-refractivity contribution in [3.05, 3.63) is 6.92 Å². The summed E-state index contributed by atoms with van der Waals surface area (Å²) in [7, 11) is 0. The molecule has 0 bridgehead atoms. The molecule has 0 heterocycles. The summed E-state index contributed by atoms with van der Waals surface area (Å²) in [4.78, 5) is 0. The van der Waals surface area contributed by atoms with E-state index in [2.05, 4.69) is 13.8 Å². The summed E-state index contributed by atoms with van der Waals surface area (Å²) in [6, 6.07) is 0. The molecule has 0 saturated carbocycles. The largest absolute Gasteiger partial charge is 0.0654 e. The van der Waals surface area contributed by atoms with Crippen LogP contribution in [0.2, 0.25) is 0 Å². The van der Waals surface area contributed by atoms with Crippen molar-refractivity contribution in [3.8, 4) is 0 Å². The molecule has 0 fully saturated rings. The Morgan fingerprint density at radius 1 is 1.29 bits per heavy atom. The molecule has 0 atom stereocenters. The molecule has 41 valence electrons. The summed E-state index contributed by atoms with van der Waals surface area (Å²) in [5, 5.41) is 0. The van der Waals surface area contributed by atoms with Gasteiger partial charge < -0.3 is 0 Å². The zero-order chi connectivity index (χ0) is 4.83. The molecule has 0 spiro atoms. The van der Waals surface area contributed by atoms with E-state index >= 15 is 0 Å². The Labute approximate surface area is 65.8 Å². The third kappa shape index (κ3) is 10.9. The molecule has 1 heteroatoms. The minimum atomic E-state index is 0. The molecule has 0 aliphatic heterocycles. The maximum atomic E-state index is 3.72. The number of hydrogen-bond donors (Lipinski definition) is 0. The predicted molar refractivity (Wildman–Crippen MR) is 29.5 cm³/mol. The molecule has 0 nitrogen and oxygen atoms in total. The van der Waals surface area contributed by atoms with Gasteiger partial charge in [-0.15, -0.1) is 0 Å². The molecular formula is C6H13Zr. The second-order valence-corrected chi connectivity index (χ2v) is 1.56. The smallest absolute Gasteiger partial charge is 0 e. The van der Waals surface area contributed by atoms with E-state index in [0.717, 1.165) is 6.42 Å². The maximum Gasteiger partial charge on any atom is 0 e. The third-order valence-electron chi connectivity index (χ3n) is 0.854. The van der Waals surface area contributed by atoms with Crippen LogP contribution < -0.4 is 0 Å². The summed E-state index contributed by atoms with van der Waals surface area (Å²) in [6.45, 7) is 5.93. The molecule has 0 amide bonds. The Bertz CT molecular complexity index is 16.1. The number of rotatable bonds is 3. The third-order valence-corrected chi connectivity index (χ3v) is 0.854. The minimum Gasteiger partial charge on any atom is -0.0654 e. The number of unbranched alkanes of at least 4 members (excludes halogenated alkanes) is 3. The van der Waals surface area contributed by atoms with Crippen molar-refractivity contribution in [2.24, 2.45) is 0 Å². The van der Waals surface area contributed by atoms with Crippen molar-refractivity contribution in [1.29, 1.82) is 0 Å². The quantitative estimate of drug-likeness (QED) is 0.579. The summed E-state index contributed by atoms with van der Waals surface area (Å²) in [5.41, 5.74) is 0. The molecule has 0 aliphatic carbocycles. The van der Waals surface area contributed by atoms with E-state index in [9.17, 15) is 0 Å². The molecule has 0 aliphatic rings. The van der Waals surface area contributed by atoms with Crippen molar-refractivity contribution in [2.75, 3.05) is 0 Å². The Balaban J connectivity index is 0. The molecule has 0 aromatic rings. The Morgan fingerprint density at radius 2 is 1.86 bits per heavy atom. The van der Waals surface area contributed by atoms with Crippen LogP contribution in [-0.2, 0) is 26.2 Å². The number of hydrogen-bond acceptors (Lipinski definition) is 0. The summed E-state index contributed by atoms with van der Waals surface area (Å²) in [5.74, 6) is 0. The van der Waals surface area contributed by atoms with Gasteiger partial charge in [-0.05, 0) is 0 Å². The van der Waals surface area contributed by atoms with E-state index in [1.807, 2.05) is 0 Å². The van der Waals surface area contributed by atoms with Gasteiger partial charge >= 0.3 is 0 Å². The molecule has 7 heavy (non-hydrogen) atoms. The van der Waals surface area contributed by atoms with Gasteiger partial charge in [0.25, 0.3) is 0 Å². The van der Waals surface area contributed by atoms with Gasteiger partial charge in [-0.2, -0.15) is 0 Å². The fraction of sp³-hybridized carbons (Fsp3) is 0.833. The second-order valence-electron chi connectivity index (χ2n) is 1.56. The van der Waals surface area contributed by atoms with Crippen LogP contribution in [0.1, 0.15) is 32.6 Å². The second kappa shape index (κ2) is 9.99. The van der Waals surface area contributed by atoms with Crippen molar-refractivity contribution in [1.82, 2.24) is 0 Å². The first-order valence-corrected chi connectivity index (χ1v) is 2.71. The van der Waals surface area contributed by atoms with E-state index in [0.29, 0.717) is 0 Å². The van der Waals surface area contributed by atoms with Gasteiger partial charge in [0.1, 0.15) is 0 Å². The Hall–Kier alpha value is 0.883. The van der Waals surface area contributed by atoms with Crippen LogP contribution in [0, 0.1) is 6.92 Å². The van der Waals surface area contributed by atoms with Crippen LogP contribution in [0.15, 0.2) is 0 Å². The van der Waals surface area contributed by atoms with Crippen molar-refractivity contribution < 1.29 is 26.2 Å². The van der Waals surface area contributed by atoms with Crippen LogP contribution >= 0.6 is 0 Å². The molecule has 0 aromatic heterocycles. The minimum absolute atomic E-state index is 0. The van der Waals surface area contributed by atoms with Crippen LogP contribution in [0.25, 0.3) is 0 Å². The van der Waals surface area contributed by atoms with Gasteiger partial charge in [-0.25, -0.2) is 0 Å². The zero-order valence-corrected chi connectivity index (χ0v) is 7.49. The van der Waals surface area contributed by atoms with Gasteiger partial charge in [0.2, 0.25) is 0 Å². The van der Waals surface area contributed by atoms with Gasteiger partial charge in [-0.1, -0.05) is 39.5 Å². The Morgan fingerprint density at radius 3 is 2.00 bits per heavy atom. The first-order valence-electron chi connectivity index (χ1n) is 2.71. The van der Waals surface area contributed by atoms with E-state index < -0.39 is 0 Å². The van der Waals surface area contributed by atoms with Crippen molar-refractivity contribution >= 4 is 0 Å². The van der Waals surface area contributed by atoms with E-state index in [1.165, 1.54) is 19.3 Å². The average Bonchev–Trinajstić information content (AvgIpc) is 1.61. The first-order chi connectivity index (χ1) is 2.91. The zero-order valence-electron chi connectivity index (χ0n) is 5.04. The molecule has 0 unspecified atom stereocenters. The van der Waals surface area contributed by atoms with E-state index in [4.69, 9.17) is 0 Å². The molecule has 0 rings (SSSR count). The summed E-state index contributed by atoms with van der Waals surface area (Å²) >= 11 is 0. The normalized spacial score (nSPS) is 7.71. The standard InChI is InChI=1S/C6H13.Zr/c1-3-5-6-4-2;/h1,3-6H2,2H3;. The molecule has 1 radical (unpaired) electrons. The van der Waals surface area contributed by atoms with Crippen LogP contribution in [-0.4, -0.2) is 0 Å². The first kappa shape index (κ1) is 10.8. The molecular weight excluding hydrogens is 163 g/mol. The van der Waals surface area contributed by atoms with Crippen LogP contribution in [0.4, 0.5) is 0 Å². The van der Waals surface area contributed by atoms with Crippen molar-refractivity contribution in [2.45, 2.75) is 32.6 Å². The fourth-order valence-corrected chi connectivity index (χ4v) is 0.427. The maximum absolute atomic E-state index is 3.72. The molecule has 0 N–H and O–H groups in total. The Kier molecular flexibility index (Phi) is 15.4. The SMILES string of the molecule is [CH2]CCCCC.[Zr]. The van der Waals surface area contributed by atoms with Crippen LogP contribution in [0.5, 0.6) is 0 Å². The monoisotopic (exact) mass is 175 g/mol. The molecule has 0 saturated heterocycles. The van der Waals surface area contributed by atoms with E-state index in [-0.39, 0.29) is 26.2 Å². The summed E-state index contributed by atoms with van der Waals surface area (Å²) in [6.07, 6.45) is 5.07. The fourth-order valence-electron chi connectivity index (χ4n) is 0.427. The van der Waals surface area contributed by atoms with E-state index in [1.54, 1.807) is 0 Å². The average molecular weight is 176 g/mol. The van der Waals surface area contributed by atoms with Gasteiger partial charge in [0, 0.05) is 26.2 Å². The topological polar surface area (TPSA) is 0 Å².